The molecule has 4 nitrogen and oxygen atoms in total. The predicted octanol–water partition coefficient (Wildman–Crippen LogP) is 2.00. The highest BCUT2D eigenvalue weighted by atomic mass is 35.5. The normalized spacial score (nSPS) is 18.2. The van der Waals surface area contributed by atoms with E-state index < -0.39 is 5.38 Å². The van der Waals surface area contributed by atoms with Crippen molar-refractivity contribution in [3.8, 4) is 0 Å². The average molecular weight is 282 g/mol. The number of rotatable bonds is 3. The minimum absolute atomic E-state index is 0.172. The summed E-state index contributed by atoms with van der Waals surface area (Å²) in [4.78, 5) is 16.2. The zero-order chi connectivity index (χ0) is 13.8. The van der Waals surface area contributed by atoms with Gasteiger partial charge in [-0.2, -0.15) is 0 Å². The van der Waals surface area contributed by atoms with Gasteiger partial charge in [0.1, 0.15) is 5.38 Å². The van der Waals surface area contributed by atoms with E-state index in [4.69, 9.17) is 11.6 Å². The molecule has 0 aliphatic carbocycles. The van der Waals surface area contributed by atoms with Gasteiger partial charge in [0, 0.05) is 37.6 Å². The third-order valence-electron chi connectivity index (χ3n) is 3.36. The molecule has 1 aliphatic heterocycles. The monoisotopic (exact) mass is 281 g/mol. The van der Waals surface area contributed by atoms with Crippen LogP contribution in [0.25, 0.3) is 0 Å². The maximum Gasteiger partial charge on any atom is 0.242 e. The van der Waals surface area contributed by atoms with Crippen LogP contribution in [0.2, 0.25) is 0 Å². The lowest BCUT2D eigenvalue weighted by atomic mass is 10.2. The number of piperazine rings is 1. The van der Waals surface area contributed by atoms with Crippen LogP contribution >= 0.6 is 11.6 Å². The molecule has 1 N–H and O–H groups in total. The van der Waals surface area contributed by atoms with Crippen LogP contribution in [-0.2, 0) is 4.79 Å². The standard InChI is InChI=1S/C14H20ClN3O/c1-11(15)14(19)16-12-3-5-13(6-4-12)18-9-7-17(2)8-10-18/h3-6,11H,7-10H2,1-2H3,(H,16,19). The number of nitrogens with zero attached hydrogens (tertiary/aromatic N) is 2. The number of hydrogen-bond donors (Lipinski definition) is 1. The van der Waals surface area contributed by atoms with Crippen molar-refractivity contribution in [3.05, 3.63) is 24.3 Å². The van der Waals surface area contributed by atoms with E-state index in [9.17, 15) is 4.79 Å². The summed E-state index contributed by atoms with van der Waals surface area (Å²) in [5.74, 6) is -0.172. The van der Waals surface area contributed by atoms with E-state index in [1.807, 2.05) is 24.3 Å². The number of carbonyl (C=O) groups is 1. The van der Waals surface area contributed by atoms with E-state index >= 15 is 0 Å². The van der Waals surface area contributed by atoms with Crippen LogP contribution in [-0.4, -0.2) is 49.4 Å². The molecule has 104 valence electrons. The van der Waals surface area contributed by atoms with Crippen LogP contribution in [0.3, 0.4) is 0 Å². The molecular weight excluding hydrogens is 262 g/mol. The molecule has 1 saturated heterocycles. The van der Waals surface area contributed by atoms with E-state index in [0.717, 1.165) is 31.9 Å². The molecule has 1 aliphatic rings. The zero-order valence-electron chi connectivity index (χ0n) is 11.4. The Balaban J connectivity index is 1.96. The number of alkyl halides is 1. The number of anilines is 2. The zero-order valence-corrected chi connectivity index (χ0v) is 12.2. The van der Waals surface area contributed by atoms with Crippen LogP contribution in [0.1, 0.15) is 6.92 Å². The average Bonchev–Trinajstić information content (AvgIpc) is 2.40. The Kier molecular flexibility index (Phi) is 4.66. The Labute approximate surface area is 119 Å². The topological polar surface area (TPSA) is 35.6 Å². The molecule has 0 spiro atoms. The summed E-state index contributed by atoms with van der Waals surface area (Å²) in [7, 11) is 2.14. The minimum atomic E-state index is -0.516. The molecule has 0 radical (unpaired) electrons. The fourth-order valence-corrected chi connectivity index (χ4v) is 2.12. The fourth-order valence-electron chi connectivity index (χ4n) is 2.06. The van der Waals surface area contributed by atoms with Gasteiger partial charge in [-0.15, -0.1) is 11.6 Å². The molecule has 0 aromatic heterocycles. The number of likely N-dealkylation sites (N-methyl/N-ethyl adjacent to an activating group) is 1. The molecule has 1 aromatic carbocycles. The van der Waals surface area contributed by atoms with Gasteiger partial charge < -0.3 is 15.1 Å². The van der Waals surface area contributed by atoms with Gasteiger partial charge in [0.15, 0.2) is 0 Å². The second kappa shape index (κ2) is 6.26. The number of halogens is 1. The van der Waals surface area contributed by atoms with Gasteiger partial charge in [-0.25, -0.2) is 0 Å². The fraction of sp³-hybridized carbons (Fsp3) is 0.500. The predicted molar refractivity (Wildman–Crippen MR) is 80.1 cm³/mol. The molecule has 0 saturated carbocycles. The lowest BCUT2D eigenvalue weighted by Gasteiger charge is -2.34. The van der Waals surface area contributed by atoms with Gasteiger partial charge in [0.05, 0.1) is 0 Å². The summed E-state index contributed by atoms with van der Waals surface area (Å²) in [5.41, 5.74) is 1.99. The van der Waals surface area contributed by atoms with Crippen LogP contribution in [0.4, 0.5) is 11.4 Å². The van der Waals surface area contributed by atoms with Gasteiger partial charge in [0.2, 0.25) is 5.91 Å². The summed E-state index contributed by atoms with van der Waals surface area (Å²) in [5, 5.41) is 2.26. The second-order valence-corrected chi connectivity index (χ2v) is 5.60. The number of hydrogen-bond acceptors (Lipinski definition) is 3. The van der Waals surface area contributed by atoms with Crippen molar-refractivity contribution in [3.63, 3.8) is 0 Å². The summed E-state index contributed by atoms with van der Waals surface area (Å²) >= 11 is 5.72. The molecule has 1 unspecified atom stereocenters. The molecule has 2 rings (SSSR count). The van der Waals surface area contributed by atoms with Crippen LogP contribution in [0.5, 0.6) is 0 Å². The molecule has 19 heavy (non-hydrogen) atoms. The smallest absolute Gasteiger partial charge is 0.242 e. The molecule has 1 heterocycles. The van der Waals surface area contributed by atoms with Gasteiger partial charge >= 0.3 is 0 Å². The van der Waals surface area contributed by atoms with E-state index in [1.165, 1.54) is 5.69 Å². The molecule has 5 heteroatoms. The van der Waals surface area contributed by atoms with E-state index in [0.29, 0.717) is 0 Å². The molecule has 1 atom stereocenters. The Bertz CT molecular complexity index is 425. The lowest BCUT2D eigenvalue weighted by Crippen LogP contribution is -2.44. The van der Waals surface area contributed by atoms with Crippen molar-refractivity contribution in [2.24, 2.45) is 0 Å². The van der Waals surface area contributed by atoms with Gasteiger partial charge in [-0.1, -0.05) is 0 Å². The first-order chi connectivity index (χ1) is 9.06. The van der Waals surface area contributed by atoms with Crippen molar-refractivity contribution in [1.82, 2.24) is 4.90 Å². The minimum Gasteiger partial charge on any atom is -0.369 e. The summed E-state index contributed by atoms with van der Waals surface area (Å²) in [6, 6.07) is 7.93. The summed E-state index contributed by atoms with van der Waals surface area (Å²) < 4.78 is 0. The third kappa shape index (κ3) is 3.85. The highest BCUT2D eigenvalue weighted by Crippen LogP contribution is 2.19. The highest BCUT2D eigenvalue weighted by Gasteiger charge is 2.14. The molecule has 1 aromatic rings. The van der Waals surface area contributed by atoms with Crippen molar-refractivity contribution < 1.29 is 4.79 Å². The molecule has 0 bridgehead atoms. The maximum atomic E-state index is 11.5. The van der Waals surface area contributed by atoms with E-state index in [-0.39, 0.29) is 5.91 Å². The molecule has 1 fully saturated rings. The number of amides is 1. The Morgan fingerprint density at radius 2 is 1.79 bits per heavy atom. The quantitative estimate of drug-likeness (QED) is 0.861. The van der Waals surface area contributed by atoms with Crippen LogP contribution < -0.4 is 10.2 Å². The Hall–Kier alpha value is -1.26. The largest absolute Gasteiger partial charge is 0.369 e. The summed E-state index contributed by atoms with van der Waals surface area (Å²) in [6.07, 6.45) is 0. The maximum absolute atomic E-state index is 11.5. The Morgan fingerprint density at radius 1 is 1.21 bits per heavy atom. The second-order valence-electron chi connectivity index (χ2n) is 4.94. The van der Waals surface area contributed by atoms with Crippen molar-refractivity contribution >= 4 is 28.9 Å². The summed E-state index contributed by atoms with van der Waals surface area (Å²) in [6.45, 7) is 5.92. The van der Waals surface area contributed by atoms with Crippen LogP contribution in [0.15, 0.2) is 24.3 Å². The van der Waals surface area contributed by atoms with Crippen molar-refractivity contribution in [1.29, 1.82) is 0 Å². The molecular formula is C14H20ClN3O. The van der Waals surface area contributed by atoms with Gasteiger partial charge in [0.25, 0.3) is 0 Å². The van der Waals surface area contributed by atoms with E-state index in [2.05, 4.69) is 22.2 Å². The van der Waals surface area contributed by atoms with Gasteiger partial charge in [-0.3, -0.25) is 4.79 Å². The Morgan fingerprint density at radius 3 is 2.32 bits per heavy atom. The van der Waals surface area contributed by atoms with Crippen molar-refractivity contribution in [2.45, 2.75) is 12.3 Å². The highest BCUT2D eigenvalue weighted by molar-refractivity contribution is 6.32. The van der Waals surface area contributed by atoms with Crippen molar-refractivity contribution in [2.75, 3.05) is 43.4 Å². The number of nitrogens with one attached hydrogen (secondary N) is 1. The first kappa shape index (κ1) is 14.2. The van der Waals surface area contributed by atoms with Gasteiger partial charge in [-0.05, 0) is 38.2 Å². The first-order valence-electron chi connectivity index (χ1n) is 6.55. The number of carbonyl (C=O) groups excluding carboxylic acids is 1. The molecule has 1 amide bonds. The van der Waals surface area contributed by atoms with E-state index in [1.54, 1.807) is 6.92 Å². The lowest BCUT2D eigenvalue weighted by molar-refractivity contribution is -0.115. The van der Waals surface area contributed by atoms with Crippen LogP contribution in [0, 0.1) is 0 Å². The SMILES string of the molecule is CC(Cl)C(=O)Nc1ccc(N2CCN(C)CC2)cc1. The third-order valence-corrected chi connectivity index (χ3v) is 3.56. The first-order valence-corrected chi connectivity index (χ1v) is 6.98. The number of benzene rings is 1.